The van der Waals surface area contributed by atoms with E-state index in [1.165, 1.54) is 6.07 Å². The number of halogens is 1. The first kappa shape index (κ1) is 18.4. The summed E-state index contributed by atoms with van der Waals surface area (Å²) in [5.74, 6) is -0.253. The molecule has 1 aliphatic rings. The average molecular weight is 403 g/mol. The number of rotatable bonds is 4. The normalized spacial score (nSPS) is 14.6. The van der Waals surface area contributed by atoms with E-state index in [2.05, 4.69) is 9.97 Å². The molecule has 150 valence electrons. The number of hydroxylamine groups is 1. The minimum absolute atomic E-state index is 0.268. The largest absolute Gasteiger partial charge is 0.295 e. The fourth-order valence-electron chi connectivity index (χ4n) is 3.95. The molecule has 1 amide bonds. The summed E-state index contributed by atoms with van der Waals surface area (Å²) in [6.07, 6.45) is 5.27. The predicted octanol–water partition coefficient (Wildman–Crippen LogP) is 3.44. The number of imidazole rings is 1. The zero-order chi connectivity index (χ0) is 20.9. The Labute approximate surface area is 171 Å². The number of pyridine rings is 1. The Hall–Kier alpha value is -3.65. The SMILES string of the molecule is Cc1nc2c(F)cccn2c1-c1ccnc(C2(c3ccc(C(=O)NO)cc3)CC2)n1. The van der Waals surface area contributed by atoms with Crippen LogP contribution in [0.5, 0.6) is 0 Å². The standard InChI is InChI=1S/C22H18FN5O2/c1-13-18(28-12-2-3-16(23)19(28)25-13)17-8-11-24-21(26-17)22(9-10-22)15-6-4-14(5-7-15)20(29)27-30/h2-8,11-12,30H,9-10H2,1H3,(H,27,29). The van der Waals surface area contributed by atoms with Gasteiger partial charge in [0.2, 0.25) is 0 Å². The number of nitrogens with one attached hydrogen (secondary N) is 1. The van der Waals surface area contributed by atoms with E-state index in [1.807, 2.05) is 19.1 Å². The predicted molar refractivity (Wildman–Crippen MR) is 107 cm³/mol. The summed E-state index contributed by atoms with van der Waals surface area (Å²) in [6.45, 7) is 1.83. The number of carbonyl (C=O) groups is 1. The lowest BCUT2D eigenvalue weighted by molar-refractivity contribution is 0.0706. The van der Waals surface area contributed by atoms with Gasteiger partial charge in [-0.2, -0.15) is 0 Å². The van der Waals surface area contributed by atoms with E-state index in [1.54, 1.807) is 46.5 Å². The molecule has 0 spiro atoms. The van der Waals surface area contributed by atoms with Crippen molar-refractivity contribution in [1.29, 1.82) is 0 Å². The van der Waals surface area contributed by atoms with Crippen molar-refractivity contribution < 1.29 is 14.4 Å². The summed E-state index contributed by atoms with van der Waals surface area (Å²) in [7, 11) is 0. The summed E-state index contributed by atoms with van der Waals surface area (Å²) in [5.41, 5.74) is 5.07. The third-order valence-electron chi connectivity index (χ3n) is 5.65. The summed E-state index contributed by atoms with van der Waals surface area (Å²) in [5, 5.41) is 8.79. The number of nitrogens with zero attached hydrogens (tertiary/aromatic N) is 4. The molecule has 7 nitrogen and oxygen atoms in total. The molecule has 3 heterocycles. The zero-order valence-corrected chi connectivity index (χ0v) is 16.1. The van der Waals surface area contributed by atoms with Crippen molar-refractivity contribution in [3.05, 3.63) is 83.3 Å². The summed E-state index contributed by atoms with van der Waals surface area (Å²) in [6, 6.07) is 11.9. The number of carbonyl (C=O) groups excluding carboxylic acids is 1. The second kappa shape index (κ2) is 6.70. The van der Waals surface area contributed by atoms with Crippen LogP contribution in [-0.4, -0.2) is 30.5 Å². The lowest BCUT2D eigenvalue weighted by Gasteiger charge is -2.15. The van der Waals surface area contributed by atoms with Crippen molar-refractivity contribution in [3.8, 4) is 11.4 Å². The topological polar surface area (TPSA) is 92.4 Å². The van der Waals surface area contributed by atoms with Gasteiger partial charge in [0, 0.05) is 18.0 Å². The molecule has 3 aromatic heterocycles. The highest BCUT2D eigenvalue weighted by Gasteiger charge is 2.48. The number of aromatic nitrogens is 4. The van der Waals surface area contributed by atoms with Gasteiger partial charge in [0.1, 0.15) is 5.82 Å². The third-order valence-corrected chi connectivity index (χ3v) is 5.65. The smallest absolute Gasteiger partial charge is 0.274 e. The van der Waals surface area contributed by atoms with Gasteiger partial charge in [-0.05, 0) is 55.7 Å². The van der Waals surface area contributed by atoms with Gasteiger partial charge in [-0.3, -0.25) is 14.4 Å². The second-order valence-electron chi connectivity index (χ2n) is 7.46. The Morgan fingerprint density at radius 2 is 1.93 bits per heavy atom. The van der Waals surface area contributed by atoms with E-state index < -0.39 is 5.91 Å². The van der Waals surface area contributed by atoms with E-state index in [-0.39, 0.29) is 16.9 Å². The highest BCUT2D eigenvalue weighted by Crippen LogP contribution is 2.52. The quantitative estimate of drug-likeness (QED) is 0.402. The molecular formula is C22H18FN5O2. The maximum atomic E-state index is 14.2. The van der Waals surface area contributed by atoms with Gasteiger partial charge >= 0.3 is 0 Å². The highest BCUT2D eigenvalue weighted by atomic mass is 19.1. The lowest BCUT2D eigenvalue weighted by atomic mass is 9.93. The molecule has 30 heavy (non-hydrogen) atoms. The summed E-state index contributed by atoms with van der Waals surface area (Å²) >= 11 is 0. The monoisotopic (exact) mass is 403 g/mol. The van der Waals surface area contributed by atoms with Gasteiger partial charge in [0.05, 0.1) is 22.5 Å². The van der Waals surface area contributed by atoms with Crippen molar-refractivity contribution in [3.63, 3.8) is 0 Å². The molecule has 0 bridgehead atoms. The summed E-state index contributed by atoms with van der Waals surface area (Å²) in [4.78, 5) is 25.3. The molecule has 5 rings (SSSR count). The van der Waals surface area contributed by atoms with Gasteiger partial charge in [0.15, 0.2) is 11.5 Å². The number of hydrogen-bond acceptors (Lipinski definition) is 5. The van der Waals surface area contributed by atoms with Gasteiger partial charge in [-0.15, -0.1) is 0 Å². The third kappa shape index (κ3) is 2.76. The van der Waals surface area contributed by atoms with Crippen LogP contribution >= 0.6 is 0 Å². The first-order valence-corrected chi connectivity index (χ1v) is 9.55. The van der Waals surface area contributed by atoms with Crippen molar-refractivity contribution in [2.75, 3.05) is 0 Å². The highest BCUT2D eigenvalue weighted by molar-refractivity contribution is 5.93. The Kier molecular flexibility index (Phi) is 4.11. The van der Waals surface area contributed by atoms with Crippen LogP contribution < -0.4 is 5.48 Å². The van der Waals surface area contributed by atoms with Crippen LogP contribution in [0.4, 0.5) is 4.39 Å². The summed E-state index contributed by atoms with van der Waals surface area (Å²) < 4.78 is 15.9. The van der Waals surface area contributed by atoms with E-state index in [0.29, 0.717) is 22.8 Å². The van der Waals surface area contributed by atoms with Gasteiger partial charge in [-0.25, -0.2) is 24.8 Å². The van der Waals surface area contributed by atoms with Crippen molar-refractivity contribution >= 4 is 11.6 Å². The maximum absolute atomic E-state index is 14.2. The molecule has 2 N–H and O–H groups in total. The van der Waals surface area contributed by atoms with Crippen molar-refractivity contribution in [2.45, 2.75) is 25.2 Å². The Bertz CT molecular complexity index is 1280. The van der Waals surface area contributed by atoms with Crippen LogP contribution in [0, 0.1) is 12.7 Å². The van der Waals surface area contributed by atoms with Gasteiger partial charge in [0.25, 0.3) is 5.91 Å². The molecule has 0 saturated heterocycles. The van der Waals surface area contributed by atoms with E-state index in [4.69, 9.17) is 10.2 Å². The van der Waals surface area contributed by atoms with Crippen LogP contribution in [-0.2, 0) is 5.41 Å². The lowest BCUT2D eigenvalue weighted by Crippen LogP contribution is -2.19. The molecule has 1 aromatic carbocycles. The first-order chi connectivity index (χ1) is 14.5. The van der Waals surface area contributed by atoms with Crippen LogP contribution in [0.3, 0.4) is 0 Å². The van der Waals surface area contributed by atoms with Crippen LogP contribution in [0.25, 0.3) is 17.0 Å². The molecule has 0 radical (unpaired) electrons. The van der Waals surface area contributed by atoms with Crippen LogP contribution in [0.2, 0.25) is 0 Å². The minimum Gasteiger partial charge on any atom is -0.295 e. The van der Waals surface area contributed by atoms with Gasteiger partial charge < -0.3 is 0 Å². The number of benzene rings is 1. The number of aryl methyl sites for hydroxylation is 1. The Balaban J connectivity index is 1.57. The van der Waals surface area contributed by atoms with Gasteiger partial charge in [-0.1, -0.05) is 12.1 Å². The van der Waals surface area contributed by atoms with E-state index in [9.17, 15) is 9.18 Å². The molecule has 4 aromatic rings. The molecule has 0 aliphatic heterocycles. The molecule has 1 saturated carbocycles. The number of amides is 1. The Morgan fingerprint density at radius 1 is 1.17 bits per heavy atom. The molecule has 8 heteroatoms. The Morgan fingerprint density at radius 3 is 2.63 bits per heavy atom. The fourth-order valence-corrected chi connectivity index (χ4v) is 3.95. The van der Waals surface area contributed by atoms with Crippen LogP contribution in [0.15, 0.2) is 54.9 Å². The van der Waals surface area contributed by atoms with E-state index in [0.717, 1.165) is 24.1 Å². The molecule has 1 fully saturated rings. The first-order valence-electron chi connectivity index (χ1n) is 9.55. The molecule has 1 aliphatic carbocycles. The van der Waals surface area contributed by atoms with Crippen molar-refractivity contribution in [1.82, 2.24) is 24.8 Å². The second-order valence-corrected chi connectivity index (χ2v) is 7.46. The van der Waals surface area contributed by atoms with Crippen LogP contribution in [0.1, 0.15) is 40.3 Å². The molecular weight excluding hydrogens is 385 g/mol. The zero-order valence-electron chi connectivity index (χ0n) is 16.1. The molecule has 0 unspecified atom stereocenters. The maximum Gasteiger partial charge on any atom is 0.274 e. The molecule has 0 atom stereocenters. The fraction of sp³-hybridized carbons (Fsp3) is 0.182. The van der Waals surface area contributed by atoms with E-state index >= 15 is 0 Å². The van der Waals surface area contributed by atoms with Crippen molar-refractivity contribution in [2.24, 2.45) is 0 Å². The minimum atomic E-state index is -0.556. The average Bonchev–Trinajstić information content (AvgIpc) is 3.51. The number of fused-ring (bicyclic) bond motifs is 1. The number of hydrogen-bond donors (Lipinski definition) is 2.